The zero-order valence-corrected chi connectivity index (χ0v) is 18.1. The number of hydrogen-bond donors (Lipinski definition) is 3. The molecule has 0 bridgehead atoms. The summed E-state index contributed by atoms with van der Waals surface area (Å²) in [6.45, 7) is 8.91. The molecule has 29 heavy (non-hydrogen) atoms. The van der Waals surface area contributed by atoms with Gasteiger partial charge in [0, 0.05) is 39.0 Å². The first-order valence-corrected chi connectivity index (χ1v) is 10.5. The number of aryl methyl sites for hydroxylation is 1. The minimum absolute atomic E-state index is 0.119. The van der Waals surface area contributed by atoms with E-state index < -0.39 is 11.8 Å². The fourth-order valence-corrected chi connectivity index (χ4v) is 4.17. The number of amides is 2. The van der Waals surface area contributed by atoms with Crippen molar-refractivity contribution in [3.05, 3.63) is 59.8 Å². The van der Waals surface area contributed by atoms with Crippen molar-refractivity contribution in [2.45, 2.75) is 43.8 Å². The Bertz CT molecular complexity index is 1020. The Morgan fingerprint density at radius 3 is 2.45 bits per heavy atom. The Hall–Kier alpha value is -2.73. The maximum Gasteiger partial charge on any atom is 0.313 e. The second kappa shape index (κ2) is 8.74. The normalized spacial score (nSPS) is 11.4. The summed E-state index contributed by atoms with van der Waals surface area (Å²) in [7, 11) is 0. The van der Waals surface area contributed by atoms with Gasteiger partial charge in [-0.15, -0.1) is 11.8 Å². The van der Waals surface area contributed by atoms with Crippen LogP contribution in [0.1, 0.15) is 31.9 Å². The summed E-state index contributed by atoms with van der Waals surface area (Å²) in [5.41, 5.74) is 4.01. The van der Waals surface area contributed by atoms with Gasteiger partial charge in [-0.3, -0.25) is 9.59 Å². The van der Waals surface area contributed by atoms with Crippen molar-refractivity contribution >= 4 is 40.2 Å². The summed E-state index contributed by atoms with van der Waals surface area (Å²) in [6.07, 6.45) is 2.61. The molecule has 3 rings (SSSR count). The Balaban J connectivity index is 1.51. The van der Waals surface area contributed by atoms with Crippen LogP contribution in [0, 0.1) is 6.92 Å². The van der Waals surface area contributed by atoms with Gasteiger partial charge in [0.2, 0.25) is 0 Å². The predicted molar refractivity (Wildman–Crippen MR) is 120 cm³/mol. The molecule has 1 aromatic heterocycles. The lowest BCUT2D eigenvalue weighted by molar-refractivity contribution is -0.136. The molecular formula is C23H27N3O2S. The van der Waals surface area contributed by atoms with Gasteiger partial charge in [0.25, 0.3) is 0 Å². The minimum Gasteiger partial charge on any atom is -0.361 e. The van der Waals surface area contributed by atoms with Crippen LogP contribution >= 0.6 is 11.8 Å². The number of aromatic amines is 1. The highest BCUT2D eigenvalue weighted by atomic mass is 32.2. The third-order valence-corrected chi connectivity index (χ3v) is 5.54. The summed E-state index contributed by atoms with van der Waals surface area (Å²) in [5, 5.41) is 6.53. The number of aromatic nitrogens is 1. The lowest BCUT2D eigenvalue weighted by Gasteiger charge is -2.17. The predicted octanol–water partition coefficient (Wildman–Crippen LogP) is 4.66. The topological polar surface area (TPSA) is 74.0 Å². The summed E-state index contributed by atoms with van der Waals surface area (Å²) in [4.78, 5) is 28.6. The van der Waals surface area contributed by atoms with Crippen molar-refractivity contribution in [3.8, 4) is 0 Å². The van der Waals surface area contributed by atoms with Gasteiger partial charge in [-0.1, -0.05) is 32.9 Å². The molecule has 3 N–H and O–H groups in total. The zero-order valence-electron chi connectivity index (χ0n) is 17.3. The van der Waals surface area contributed by atoms with E-state index in [1.54, 1.807) is 11.8 Å². The van der Waals surface area contributed by atoms with Crippen LogP contribution < -0.4 is 10.6 Å². The molecule has 0 saturated carbocycles. The van der Waals surface area contributed by atoms with Crippen LogP contribution in [0.2, 0.25) is 0 Å². The van der Waals surface area contributed by atoms with E-state index in [0.717, 1.165) is 16.0 Å². The van der Waals surface area contributed by atoms with E-state index in [9.17, 15) is 9.59 Å². The molecule has 0 aliphatic heterocycles. The summed E-state index contributed by atoms with van der Waals surface area (Å²) < 4.78 is 0.119. The molecule has 152 valence electrons. The van der Waals surface area contributed by atoms with Gasteiger partial charge in [0.15, 0.2) is 0 Å². The fraction of sp³-hybridized carbons (Fsp3) is 0.304. The van der Waals surface area contributed by atoms with E-state index in [-0.39, 0.29) is 4.75 Å². The molecule has 2 aromatic carbocycles. The third-order valence-electron chi connectivity index (χ3n) is 4.42. The summed E-state index contributed by atoms with van der Waals surface area (Å²) in [6, 6.07) is 13.6. The molecule has 0 saturated heterocycles. The first kappa shape index (κ1) is 21.0. The van der Waals surface area contributed by atoms with Gasteiger partial charge >= 0.3 is 11.8 Å². The SMILES string of the molecule is Cc1cccc2[nH]cc(CCNC(=O)C(=O)Nc3ccc(SC(C)(C)C)cc3)c12. The first-order valence-electron chi connectivity index (χ1n) is 9.67. The minimum atomic E-state index is -0.656. The van der Waals surface area contributed by atoms with Crippen LogP contribution in [0.3, 0.4) is 0 Å². The van der Waals surface area contributed by atoms with Crippen molar-refractivity contribution < 1.29 is 9.59 Å². The molecule has 0 radical (unpaired) electrons. The van der Waals surface area contributed by atoms with Crippen LogP contribution in [-0.2, 0) is 16.0 Å². The highest BCUT2D eigenvalue weighted by molar-refractivity contribution is 8.00. The number of hydrogen-bond acceptors (Lipinski definition) is 3. The number of carbonyl (C=O) groups is 2. The van der Waals surface area contributed by atoms with E-state index in [1.165, 1.54) is 10.9 Å². The number of H-pyrrole nitrogens is 1. The van der Waals surface area contributed by atoms with Crippen molar-refractivity contribution in [2.75, 3.05) is 11.9 Å². The maximum atomic E-state index is 12.2. The molecule has 5 nitrogen and oxygen atoms in total. The molecule has 2 amide bonds. The Morgan fingerprint density at radius 2 is 1.76 bits per heavy atom. The molecule has 0 unspecified atom stereocenters. The zero-order chi connectivity index (χ0) is 21.0. The lowest BCUT2D eigenvalue weighted by Crippen LogP contribution is -2.36. The van der Waals surface area contributed by atoms with Gasteiger partial charge in [-0.25, -0.2) is 0 Å². The second-order valence-electron chi connectivity index (χ2n) is 8.01. The number of carbonyl (C=O) groups excluding carboxylic acids is 2. The third kappa shape index (κ3) is 5.64. The average molecular weight is 410 g/mol. The highest BCUT2D eigenvalue weighted by Crippen LogP contribution is 2.32. The van der Waals surface area contributed by atoms with Gasteiger partial charge in [-0.2, -0.15) is 0 Å². The number of fused-ring (bicyclic) bond motifs is 1. The molecule has 0 atom stereocenters. The summed E-state index contributed by atoms with van der Waals surface area (Å²) in [5.74, 6) is -1.29. The molecule has 0 aliphatic carbocycles. The monoisotopic (exact) mass is 409 g/mol. The quantitative estimate of drug-likeness (QED) is 0.424. The Kier molecular flexibility index (Phi) is 6.33. The van der Waals surface area contributed by atoms with Crippen LogP contribution in [0.25, 0.3) is 10.9 Å². The van der Waals surface area contributed by atoms with Crippen LogP contribution in [-0.4, -0.2) is 28.1 Å². The van der Waals surface area contributed by atoms with E-state index in [0.29, 0.717) is 18.7 Å². The van der Waals surface area contributed by atoms with Crippen molar-refractivity contribution in [1.82, 2.24) is 10.3 Å². The molecule has 0 fully saturated rings. The lowest BCUT2D eigenvalue weighted by atomic mass is 10.1. The van der Waals surface area contributed by atoms with E-state index >= 15 is 0 Å². The van der Waals surface area contributed by atoms with Gasteiger partial charge in [0.05, 0.1) is 0 Å². The first-order chi connectivity index (χ1) is 13.7. The van der Waals surface area contributed by atoms with Crippen molar-refractivity contribution in [2.24, 2.45) is 0 Å². The van der Waals surface area contributed by atoms with Crippen LogP contribution in [0.5, 0.6) is 0 Å². The van der Waals surface area contributed by atoms with E-state index in [4.69, 9.17) is 0 Å². The fourth-order valence-electron chi connectivity index (χ4n) is 3.19. The number of nitrogens with one attached hydrogen (secondary N) is 3. The standard InChI is InChI=1S/C23H27N3O2S/c1-15-6-5-7-19-20(15)16(14-25-19)12-13-24-21(27)22(28)26-17-8-10-18(11-9-17)29-23(2,3)4/h5-11,14,25H,12-13H2,1-4H3,(H,24,27)(H,26,28). The number of rotatable bonds is 5. The van der Waals surface area contributed by atoms with Crippen molar-refractivity contribution in [3.63, 3.8) is 0 Å². The Labute approximate surface area is 175 Å². The molecule has 0 spiro atoms. The molecule has 3 aromatic rings. The number of anilines is 1. The van der Waals surface area contributed by atoms with Crippen LogP contribution in [0.15, 0.2) is 53.6 Å². The van der Waals surface area contributed by atoms with Gasteiger partial charge in [0.1, 0.15) is 0 Å². The largest absolute Gasteiger partial charge is 0.361 e. The van der Waals surface area contributed by atoms with Crippen molar-refractivity contribution in [1.29, 1.82) is 0 Å². The highest BCUT2D eigenvalue weighted by Gasteiger charge is 2.15. The van der Waals surface area contributed by atoms with Gasteiger partial charge < -0.3 is 15.6 Å². The van der Waals surface area contributed by atoms with E-state index in [2.05, 4.69) is 49.4 Å². The smallest absolute Gasteiger partial charge is 0.313 e. The van der Waals surface area contributed by atoms with Gasteiger partial charge in [-0.05, 0) is 54.8 Å². The number of thioether (sulfide) groups is 1. The van der Waals surface area contributed by atoms with Crippen LogP contribution in [0.4, 0.5) is 5.69 Å². The Morgan fingerprint density at radius 1 is 1.03 bits per heavy atom. The second-order valence-corrected chi connectivity index (χ2v) is 9.91. The molecule has 1 heterocycles. The molecule has 6 heteroatoms. The summed E-state index contributed by atoms with van der Waals surface area (Å²) >= 11 is 1.75. The van der Waals surface area contributed by atoms with E-state index in [1.807, 2.05) is 42.6 Å². The molecular weight excluding hydrogens is 382 g/mol. The average Bonchev–Trinajstić information content (AvgIpc) is 3.06. The molecule has 0 aliphatic rings. The number of benzene rings is 2. The maximum absolute atomic E-state index is 12.2.